The lowest BCUT2D eigenvalue weighted by molar-refractivity contribution is 0.0766. The normalized spacial score (nSPS) is 16.8. The van der Waals surface area contributed by atoms with Crippen LogP contribution < -0.4 is 4.74 Å². The van der Waals surface area contributed by atoms with E-state index in [2.05, 4.69) is 16.0 Å². The Hall–Kier alpha value is -3.33. The minimum absolute atomic E-state index is 0.0268. The van der Waals surface area contributed by atoms with Crippen LogP contribution in [0.5, 0.6) is 5.88 Å². The number of likely N-dealkylation sites (tertiary alicyclic amines) is 1. The van der Waals surface area contributed by atoms with Gasteiger partial charge >= 0.3 is 0 Å². The summed E-state index contributed by atoms with van der Waals surface area (Å²) < 4.78 is 5.83. The first kappa shape index (κ1) is 15.2. The molecule has 1 N–H and O–H groups in total. The van der Waals surface area contributed by atoms with Crippen LogP contribution in [-0.4, -0.2) is 40.0 Å². The summed E-state index contributed by atoms with van der Waals surface area (Å²) in [7, 11) is 0. The molecule has 124 valence electrons. The molecule has 1 saturated heterocycles. The van der Waals surface area contributed by atoms with Crippen LogP contribution in [0.4, 0.5) is 0 Å². The fraction of sp³-hybridized carbons (Fsp3) is 0.211. The lowest BCUT2D eigenvalue weighted by Gasteiger charge is -2.16. The van der Waals surface area contributed by atoms with E-state index in [1.54, 1.807) is 23.2 Å². The number of rotatable bonds is 3. The largest absolute Gasteiger partial charge is 0.472 e. The predicted octanol–water partition coefficient (Wildman–Crippen LogP) is 2.73. The van der Waals surface area contributed by atoms with Gasteiger partial charge in [0.15, 0.2) is 0 Å². The second kappa shape index (κ2) is 6.29. The van der Waals surface area contributed by atoms with Gasteiger partial charge in [0, 0.05) is 36.1 Å². The highest BCUT2D eigenvalue weighted by Crippen LogP contribution is 2.21. The van der Waals surface area contributed by atoms with Crippen molar-refractivity contribution >= 4 is 16.8 Å². The lowest BCUT2D eigenvalue weighted by atomic mass is 10.2. The third kappa shape index (κ3) is 3.04. The summed E-state index contributed by atoms with van der Waals surface area (Å²) in [5.41, 5.74) is 2.05. The van der Waals surface area contributed by atoms with Crippen molar-refractivity contribution in [1.29, 1.82) is 5.26 Å². The Kier molecular flexibility index (Phi) is 3.82. The Labute approximate surface area is 144 Å². The summed E-state index contributed by atoms with van der Waals surface area (Å²) in [4.78, 5) is 21.8. The van der Waals surface area contributed by atoms with Crippen molar-refractivity contribution in [2.45, 2.75) is 12.5 Å². The second-order valence-electron chi connectivity index (χ2n) is 6.04. The van der Waals surface area contributed by atoms with Crippen LogP contribution in [0.1, 0.15) is 22.5 Å². The number of benzene rings is 1. The molecule has 1 amide bonds. The topological polar surface area (TPSA) is 82.0 Å². The number of nitriles is 1. The van der Waals surface area contributed by atoms with Gasteiger partial charge in [-0.15, -0.1) is 0 Å². The zero-order valence-corrected chi connectivity index (χ0v) is 13.5. The van der Waals surface area contributed by atoms with Crippen molar-refractivity contribution in [2.24, 2.45) is 0 Å². The van der Waals surface area contributed by atoms with E-state index in [1.165, 1.54) is 0 Å². The van der Waals surface area contributed by atoms with E-state index in [4.69, 9.17) is 10.00 Å². The van der Waals surface area contributed by atoms with Gasteiger partial charge < -0.3 is 14.6 Å². The van der Waals surface area contributed by atoms with Crippen LogP contribution in [0.25, 0.3) is 10.9 Å². The molecule has 3 heterocycles. The van der Waals surface area contributed by atoms with Gasteiger partial charge in [-0.25, -0.2) is 4.98 Å². The van der Waals surface area contributed by atoms with E-state index in [1.807, 2.05) is 30.3 Å². The molecule has 1 aromatic carbocycles. The van der Waals surface area contributed by atoms with Crippen LogP contribution in [0.3, 0.4) is 0 Å². The number of nitrogens with one attached hydrogen (secondary N) is 1. The molecule has 6 nitrogen and oxygen atoms in total. The number of fused-ring (bicyclic) bond motifs is 1. The first-order valence-electron chi connectivity index (χ1n) is 8.13. The van der Waals surface area contributed by atoms with E-state index in [9.17, 15) is 4.79 Å². The van der Waals surface area contributed by atoms with E-state index < -0.39 is 0 Å². The molecule has 0 radical (unpaired) electrons. The standard InChI is InChI=1S/C19H16N4O2/c20-11-13-5-7-21-18(9-13)25-15-6-8-23(12-15)19(24)17-10-14-3-1-2-4-16(14)22-17/h1-5,7,9-10,15,22H,6,8,12H2. The molecule has 1 fully saturated rings. The van der Waals surface area contributed by atoms with Crippen LogP contribution >= 0.6 is 0 Å². The number of nitrogens with zero attached hydrogens (tertiary/aromatic N) is 3. The molecule has 0 spiro atoms. The number of carbonyl (C=O) groups excluding carboxylic acids is 1. The van der Waals surface area contributed by atoms with E-state index in [0.29, 0.717) is 30.2 Å². The molecule has 1 aliphatic rings. The number of aromatic nitrogens is 2. The molecule has 0 saturated carbocycles. The average molecular weight is 332 g/mol. The van der Waals surface area contributed by atoms with Crippen LogP contribution in [0.15, 0.2) is 48.7 Å². The zero-order chi connectivity index (χ0) is 17.2. The molecule has 25 heavy (non-hydrogen) atoms. The minimum Gasteiger partial charge on any atom is -0.472 e. The first-order chi connectivity index (χ1) is 12.2. The highest BCUT2D eigenvalue weighted by molar-refractivity contribution is 5.98. The summed E-state index contributed by atoms with van der Waals surface area (Å²) >= 11 is 0. The lowest BCUT2D eigenvalue weighted by Crippen LogP contribution is -2.31. The van der Waals surface area contributed by atoms with Crippen molar-refractivity contribution in [3.05, 3.63) is 59.9 Å². The molecular formula is C19H16N4O2. The fourth-order valence-corrected chi connectivity index (χ4v) is 3.08. The Morgan fingerprint density at radius 3 is 3.04 bits per heavy atom. The molecule has 1 atom stereocenters. The van der Waals surface area contributed by atoms with E-state index >= 15 is 0 Å². The van der Waals surface area contributed by atoms with Crippen LogP contribution in [0.2, 0.25) is 0 Å². The Morgan fingerprint density at radius 2 is 2.20 bits per heavy atom. The maximum atomic E-state index is 12.7. The number of hydrogen-bond donors (Lipinski definition) is 1. The predicted molar refractivity (Wildman–Crippen MR) is 92.2 cm³/mol. The van der Waals surface area contributed by atoms with Gasteiger partial charge in [0.2, 0.25) is 5.88 Å². The van der Waals surface area contributed by atoms with Crippen molar-refractivity contribution in [2.75, 3.05) is 13.1 Å². The zero-order valence-electron chi connectivity index (χ0n) is 13.5. The monoisotopic (exact) mass is 332 g/mol. The van der Waals surface area contributed by atoms with Crippen LogP contribution in [0, 0.1) is 11.3 Å². The fourth-order valence-electron chi connectivity index (χ4n) is 3.08. The molecular weight excluding hydrogens is 316 g/mol. The Morgan fingerprint density at radius 1 is 1.32 bits per heavy atom. The summed E-state index contributed by atoms with van der Waals surface area (Å²) in [5.74, 6) is 0.394. The first-order valence-corrected chi connectivity index (χ1v) is 8.13. The third-order valence-corrected chi connectivity index (χ3v) is 4.34. The third-order valence-electron chi connectivity index (χ3n) is 4.34. The van der Waals surface area contributed by atoms with Gasteiger partial charge in [-0.05, 0) is 18.2 Å². The number of amides is 1. The maximum absolute atomic E-state index is 12.7. The van der Waals surface area contributed by atoms with Gasteiger partial charge in [-0.1, -0.05) is 18.2 Å². The van der Waals surface area contributed by atoms with Crippen molar-refractivity contribution in [1.82, 2.24) is 14.9 Å². The molecule has 0 aliphatic carbocycles. The smallest absolute Gasteiger partial charge is 0.270 e. The number of ether oxygens (including phenoxy) is 1. The number of pyridine rings is 1. The number of aromatic amines is 1. The summed E-state index contributed by atoms with van der Waals surface area (Å²) in [6, 6.07) is 15.0. The number of carbonyl (C=O) groups is 1. The summed E-state index contributed by atoms with van der Waals surface area (Å²) in [6.07, 6.45) is 2.18. The molecule has 3 aromatic rings. The molecule has 1 unspecified atom stereocenters. The molecule has 0 bridgehead atoms. The van der Waals surface area contributed by atoms with Crippen molar-refractivity contribution in [3.8, 4) is 11.9 Å². The van der Waals surface area contributed by atoms with Crippen molar-refractivity contribution in [3.63, 3.8) is 0 Å². The SMILES string of the molecule is N#Cc1ccnc(OC2CCN(C(=O)c3cc4ccccc4[nH]3)C2)c1. The van der Waals surface area contributed by atoms with E-state index in [-0.39, 0.29) is 12.0 Å². The summed E-state index contributed by atoms with van der Waals surface area (Å²) in [5, 5.41) is 9.96. The van der Waals surface area contributed by atoms with Gasteiger partial charge in [0.05, 0.1) is 18.2 Å². The van der Waals surface area contributed by atoms with Gasteiger partial charge in [0.25, 0.3) is 5.91 Å². The van der Waals surface area contributed by atoms with Crippen molar-refractivity contribution < 1.29 is 9.53 Å². The summed E-state index contributed by atoms with van der Waals surface area (Å²) in [6.45, 7) is 1.14. The maximum Gasteiger partial charge on any atom is 0.270 e. The van der Waals surface area contributed by atoms with E-state index in [0.717, 1.165) is 17.3 Å². The van der Waals surface area contributed by atoms with Gasteiger partial charge in [0.1, 0.15) is 11.8 Å². The molecule has 1 aliphatic heterocycles. The minimum atomic E-state index is -0.116. The number of H-pyrrole nitrogens is 1. The number of hydrogen-bond acceptors (Lipinski definition) is 4. The molecule has 2 aromatic heterocycles. The Bertz CT molecular complexity index is 940. The highest BCUT2D eigenvalue weighted by atomic mass is 16.5. The molecule has 4 rings (SSSR count). The number of para-hydroxylation sites is 1. The quantitative estimate of drug-likeness (QED) is 0.799. The second-order valence-corrected chi connectivity index (χ2v) is 6.04. The van der Waals surface area contributed by atoms with Crippen LogP contribution in [-0.2, 0) is 0 Å². The Balaban J connectivity index is 1.44. The average Bonchev–Trinajstić information content (AvgIpc) is 3.28. The molecule has 6 heteroatoms. The van der Waals surface area contributed by atoms with Gasteiger partial charge in [-0.2, -0.15) is 5.26 Å². The highest BCUT2D eigenvalue weighted by Gasteiger charge is 2.29. The van der Waals surface area contributed by atoms with Gasteiger partial charge in [-0.3, -0.25) is 4.79 Å².